The van der Waals surface area contributed by atoms with Crippen LogP contribution in [0.2, 0.25) is 0 Å². The van der Waals surface area contributed by atoms with Crippen molar-refractivity contribution in [2.45, 2.75) is 45.4 Å². The van der Waals surface area contributed by atoms with Crippen LogP contribution in [-0.2, 0) is 0 Å². The van der Waals surface area contributed by atoms with Gasteiger partial charge in [0.05, 0.1) is 18.6 Å². The van der Waals surface area contributed by atoms with E-state index in [9.17, 15) is 0 Å². The molecule has 1 aliphatic rings. The average Bonchev–Trinajstić information content (AvgIpc) is 2.86. The quantitative estimate of drug-likeness (QED) is 0.672. The van der Waals surface area contributed by atoms with Gasteiger partial charge in [-0.1, -0.05) is 25.8 Å². The van der Waals surface area contributed by atoms with E-state index in [0.717, 1.165) is 17.1 Å². The zero-order valence-electron chi connectivity index (χ0n) is 12.7. The highest BCUT2D eigenvalue weighted by molar-refractivity contribution is 6.21. The Labute approximate surface area is 127 Å². The van der Waals surface area contributed by atoms with Crippen LogP contribution in [0.1, 0.15) is 51.0 Å². The van der Waals surface area contributed by atoms with Crippen molar-refractivity contribution >= 4 is 11.6 Å². The molecular weight excluding hydrogens is 272 g/mol. The van der Waals surface area contributed by atoms with Gasteiger partial charge in [-0.3, -0.25) is 0 Å². The maximum atomic E-state index is 6.71. The number of hydrogen-bond acceptors (Lipinski definition) is 2. The predicted octanol–water partition coefficient (Wildman–Crippen LogP) is 5.20. The summed E-state index contributed by atoms with van der Waals surface area (Å²) < 4.78 is 11.3. The molecule has 3 heteroatoms. The van der Waals surface area contributed by atoms with Gasteiger partial charge in [0, 0.05) is 0 Å². The Morgan fingerprint density at radius 3 is 2.45 bits per heavy atom. The molecule has 3 atom stereocenters. The maximum Gasteiger partial charge on any atom is 0.161 e. The first-order valence-corrected chi connectivity index (χ1v) is 8.14. The zero-order valence-corrected chi connectivity index (χ0v) is 13.5. The second kappa shape index (κ2) is 7.21. The van der Waals surface area contributed by atoms with Crippen LogP contribution in [0.3, 0.4) is 0 Å². The SMILES string of the molecule is CCOc1ccc(C(Cl)C2CCCC2C)cc1OCC. The molecule has 2 nitrogen and oxygen atoms in total. The van der Waals surface area contributed by atoms with E-state index in [-0.39, 0.29) is 5.38 Å². The molecule has 1 saturated carbocycles. The average molecular weight is 297 g/mol. The van der Waals surface area contributed by atoms with E-state index in [1.54, 1.807) is 0 Å². The van der Waals surface area contributed by atoms with Gasteiger partial charge in [-0.2, -0.15) is 0 Å². The molecule has 1 aromatic carbocycles. The Bertz CT molecular complexity index is 433. The summed E-state index contributed by atoms with van der Waals surface area (Å²) in [5.74, 6) is 2.90. The molecule has 0 bridgehead atoms. The Morgan fingerprint density at radius 1 is 1.15 bits per heavy atom. The van der Waals surface area contributed by atoms with Crippen LogP contribution in [0.25, 0.3) is 0 Å². The largest absolute Gasteiger partial charge is 0.490 e. The lowest BCUT2D eigenvalue weighted by molar-refractivity contribution is 0.287. The van der Waals surface area contributed by atoms with Gasteiger partial charge in [0.15, 0.2) is 11.5 Å². The third kappa shape index (κ3) is 3.41. The summed E-state index contributed by atoms with van der Waals surface area (Å²) in [6.45, 7) is 7.55. The van der Waals surface area contributed by atoms with Crippen LogP contribution < -0.4 is 9.47 Å². The number of rotatable bonds is 6. The molecule has 1 aromatic rings. The van der Waals surface area contributed by atoms with Gasteiger partial charge in [-0.15, -0.1) is 11.6 Å². The zero-order chi connectivity index (χ0) is 14.5. The molecule has 0 N–H and O–H groups in total. The number of halogens is 1. The van der Waals surface area contributed by atoms with Gasteiger partial charge in [0.25, 0.3) is 0 Å². The van der Waals surface area contributed by atoms with E-state index in [0.29, 0.717) is 25.0 Å². The van der Waals surface area contributed by atoms with Gasteiger partial charge in [0.1, 0.15) is 0 Å². The van der Waals surface area contributed by atoms with Crippen molar-refractivity contribution in [2.75, 3.05) is 13.2 Å². The minimum Gasteiger partial charge on any atom is -0.490 e. The van der Waals surface area contributed by atoms with E-state index in [1.165, 1.54) is 19.3 Å². The summed E-state index contributed by atoms with van der Waals surface area (Å²) >= 11 is 6.71. The second-order valence-electron chi connectivity index (χ2n) is 5.55. The van der Waals surface area contributed by atoms with E-state index in [4.69, 9.17) is 21.1 Å². The van der Waals surface area contributed by atoms with Gasteiger partial charge in [-0.05, 0) is 49.8 Å². The summed E-state index contributed by atoms with van der Waals surface area (Å²) in [4.78, 5) is 0. The molecule has 0 aliphatic heterocycles. The summed E-state index contributed by atoms with van der Waals surface area (Å²) in [5.41, 5.74) is 1.15. The molecule has 112 valence electrons. The van der Waals surface area contributed by atoms with Crippen LogP contribution in [0.4, 0.5) is 0 Å². The molecule has 1 aliphatic carbocycles. The lowest BCUT2D eigenvalue weighted by Crippen LogP contribution is -2.11. The number of hydrogen-bond donors (Lipinski definition) is 0. The summed E-state index contributed by atoms with van der Waals surface area (Å²) in [6.07, 6.45) is 3.82. The Balaban J connectivity index is 2.20. The third-order valence-corrected chi connectivity index (χ3v) is 4.77. The van der Waals surface area contributed by atoms with Crippen LogP contribution in [-0.4, -0.2) is 13.2 Å². The highest BCUT2D eigenvalue weighted by Crippen LogP contribution is 2.45. The molecule has 0 heterocycles. The normalized spacial score (nSPS) is 23.6. The monoisotopic (exact) mass is 296 g/mol. The van der Waals surface area contributed by atoms with E-state index >= 15 is 0 Å². The number of benzene rings is 1. The van der Waals surface area contributed by atoms with E-state index in [2.05, 4.69) is 19.1 Å². The smallest absolute Gasteiger partial charge is 0.161 e. The number of alkyl halides is 1. The lowest BCUT2D eigenvalue weighted by atomic mass is 9.90. The fraction of sp³-hybridized carbons (Fsp3) is 0.647. The molecule has 20 heavy (non-hydrogen) atoms. The number of ether oxygens (including phenoxy) is 2. The molecule has 0 saturated heterocycles. The lowest BCUT2D eigenvalue weighted by Gasteiger charge is -2.23. The third-order valence-electron chi connectivity index (χ3n) is 4.19. The Morgan fingerprint density at radius 2 is 1.85 bits per heavy atom. The van der Waals surface area contributed by atoms with Gasteiger partial charge in [0.2, 0.25) is 0 Å². The Kier molecular flexibility index (Phi) is 5.59. The van der Waals surface area contributed by atoms with Crippen molar-refractivity contribution in [2.24, 2.45) is 11.8 Å². The van der Waals surface area contributed by atoms with Crippen LogP contribution in [0.15, 0.2) is 18.2 Å². The molecule has 0 radical (unpaired) electrons. The minimum atomic E-state index is 0.0717. The van der Waals surface area contributed by atoms with Gasteiger partial charge >= 0.3 is 0 Å². The second-order valence-corrected chi connectivity index (χ2v) is 6.02. The summed E-state index contributed by atoms with van der Waals surface area (Å²) in [5, 5.41) is 0.0717. The topological polar surface area (TPSA) is 18.5 Å². The molecule has 3 unspecified atom stereocenters. The van der Waals surface area contributed by atoms with Crippen molar-refractivity contribution in [3.8, 4) is 11.5 Å². The standard InChI is InChI=1S/C17H25ClO2/c1-4-19-15-10-9-13(11-16(15)20-5-2)17(18)14-8-6-7-12(14)3/h9-12,14,17H,4-8H2,1-3H3. The fourth-order valence-electron chi connectivity index (χ4n) is 3.10. The Hall–Kier alpha value is -0.890. The molecule has 0 amide bonds. The van der Waals surface area contributed by atoms with Gasteiger partial charge < -0.3 is 9.47 Å². The highest BCUT2D eigenvalue weighted by Gasteiger charge is 2.31. The summed E-state index contributed by atoms with van der Waals surface area (Å²) in [6, 6.07) is 6.12. The van der Waals surface area contributed by atoms with Crippen molar-refractivity contribution in [3.63, 3.8) is 0 Å². The van der Waals surface area contributed by atoms with Crippen molar-refractivity contribution in [1.29, 1.82) is 0 Å². The van der Waals surface area contributed by atoms with E-state index < -0.39 is 0 Å². The summed E-state index contributed by atoms with van der Waals surface area (Å²) in [7, 11) is 0. The first-order valence-electron chi connectivity index (χ1n) is 7.71. The highest BCUT2D eigenvalue weighted by atomic mass is 35.5. The van der Waals surface area contributed by atoms with Crippen molar-refractivity contribution in [1.82, 2.24) is 0 Å². The molecule has 0 aromatic heterocycles. The van der Waals surface area contributed by atoms with Crippen molar-refractivity contribution < 1.29 is 9.47 Å². The molecule has 2 rings (SSSR count). The van der Waals surface area contributed by atoms with Crippen LogP contribution >= 0.6 is 11.6 Å². The first kappa shape index (κ1) is 15.5. The molecule has 1 fully saturated rings. The fourth-order valence-corrected chi connectivity index (χ4v) is 3.61. The van der Waals surface area contributed by atoms with Crippen LogP contribution in [0.5, 0.6) is 11.5 Å². The first-order chi connectivity index (χ1) is 9.67. The van der Waals surface area contributed by atoms with Crippen molar-refractivity contribution in [3.05, 3.63) is 23.8 Å². The van der Waals surface area contributed by atoms with Crippen LogP contribution in [0, 0.1) is 11.8 Å². The molecular formula is C17H25ClO2. The maximum absolute atomic E-state index is 6.71. The molecule has 0 spiro atoms. The van der Waals surface area contributed by atoms with Gasteiger partial charge in [-0.25, -0.2) is 0 Å². The predicted molar refractivity (Wildman–Crippen MR) is 83.9 cm³/mol. The minimum absolute atomic E-state index is 0.0717. The van der Waals surface area contributed by atoms with E-state index in [1.807, 2.05) is 19.9 Å².